The van der Waals surface area contributed by atoms with Crippen LogP contribution >= 0.6 is 12.4 Å². The van der Waals surface area contributed by atoms with E-state index in [4.69, 9.17) is 0 Å². The molecule has 18 heavy (non-hydrogen) atoms. The van der Waals surface area contributed by atoms with Crippen molar-refractivity contribution in [2.75, 3.05) is 19.6 Å². The Labute approximate surface area is 113 Å². The van der Waals surface area contributed by atoms with Crippen molar-refractivity contribution in [3.05, 3.63) is 35.1 Å². The minimum absolute atomic E-state index is 0. The molecule has 1 aliphatic heterocycles. The fourth-order valence-electron chi connectivity index (χ4n) is 2.15. The highest BCUT2D eigenvalue weighted by atomic mass is 35.5. The highest BCUT2D eigenvalue weighted by molar-refractivity contribution is 5.95. The van der Waals surface area contributed by atoms with Crippen LogP contribution in [0.2, 0.25) is 0 Å². The normalized spacial score (nSPS) is 19.3. The van der Waals surface area contributed by atoms with Crippen molar-refractivity contribution in [1.82, 2.24) is 10.2 Å². The van der Waals surface area contributed by atoms with Crippen molar-refractivity contribution in [3.8, 4) is 0 Å². The van der Waals surface area contributed by atoms with Gasteiger partial charge in [-0.3, -0.25) is 4.79 Å². The molecule has 1 N–H and O–H groups in total. The van der Waals surface area contributed by atoms with Crippen molar-refractivity contribution < 1.29 is 9.18 Å². The molecule has 1 amide bonds. The molecule has 5 heteroatoms. The predicted molar refractivity (Wildman–Crippen MR) is 71.8 cm³/mol. The van der Waals surface area contributed by atoms with Gasteiger partial charge in [0.05, 0.1) is 0 Å². The SMILES string of the molecule is Cc1cc(F)ccc1C(=O)N1CCN[C@@H](C)C1.Cl. The van der Waals surface area contributed by atoms with Crippen LogP contribution in [-0.4, -0.2) is 36.5 Å². The maximum atomic E-state index is 13.0. The summed E-state index contributed by atoms with van der Waals surface area (Å²) in [6.07, 6.45) is 0. The molecule has 100 valence electrons. The van der Waals surface area contributed by atoms with Gasteiger partial charge in [0.15, 0.2) is 0 Å². The number of piperazine rings is 1. The summed E-state index contributed by atoms with van der Waals surface area (Å²) >= 11 is 0. The van der Waals surface area contributed by atoms with Crippen molar-refractivity contribution in [2.45, 2.75) is 19.9 Å². The molecule has 1 saturated heterocycles. The van der Waals surface area contributed by atoms with E-state index < -0.39 is 0 Å². The van der Waals surface area contributed by atoms with E-state index in [0.29, 0.717) is 30.3 Å². The van der Waals surface area contributed by atoms with Crippen LogP contribution in [-0.2, 0) is 0 Å². The molecule has 0 spiro atoms. The summed E-state index contributed by atoms with van der Waals surface area (Å²) in [5.41, 5.74) is 1.29. The molecule has 0 unspecified atom stereocenters. The van der Waals surface area contributed by atoms with Crippen LogP contribution in [0.5, 0.6) is 0 Å². The second kappa shape index (κ2) is 6.16. The Bertz CT molecular complexity index is 439. The topological polar surface area (TPSA) is 32.3 Å². The molecule has 1 aromatic rings. The standard InChI is InChI=1S/C13H17FN2O.ClH/c1-9-7-11(14)3-4-12(9)13(17)16-6-5-15-10(2)8-16;/h3-4,7,10,15H,5-6,8H2,1-2H3;1H/t10-;/m0./s1. The van der Waals surface area contributed by atoms with Crippen molar-refractivity contribution >= 4 is 18.3 Å². The monoisotopic (exact) mass is 272 g/mol. The first-order chi connectivity index (χ1) is 8.08. The third kappa shape index (κ3) is 3.21. The summed E-state index contributed by atoms with van der Waals surface area (Å²) in [6.45, 7) is 6.04. The van der Waals surface area contributed by atoms with Crippen LogP contribution in [0.3, 0.4) is 0 Å². The number of rotatable bonds is 1. The van der Waals surface area contributed by atoms with Gasteiger partial charge in [-0.1, -0.05) is 0 Å². The molecule has 0 saturated carbocycles. The number of nitrogens with one attached hydrogen (secondary N) is 1. The van der Waals surface area contributed by atoms with Gasteiger partial charge in [0.2, 0.25) is 0 Å². The summed E-state index contributed by atoms with van der Waals surface area (Å²) in [4.78, 5) is 14.1. The van der Waals surface area contributed by atoms with E-state index in [1.807, 2.05) is 4.90 Å². The lowest BCUT2D eigenvalue weighted by atomic mass is 10.1. The molecule has 3 nitrogen and oxygen atoms in total. The highest BCUT2D eigenvalue weighted by Crippen LogP contribution is 2.14. The number of benzene rings is 1. The lowest BCUT2D eigenvalue weighted by molar-refractivity contribution is 0.0708. The Morgan fingerprint density at radius 2 is 2.22 bits per heavy atom. The summed E-state index contributed by atoms with van der Waals surface area (Å²) in [5.74, 6) is -0.302. The average molecular weight is 273 g/mol. The Kier molecular flexibility index (Phi) is 5.11. The van der Waals surface area contributed by atoms with Gasteiger partial charge in [-0.05, 0) is 37.6 Å². The Morgan fingerprint density at radius 3 is 2.83 bits per heavy atom. The minimum atomic E-state index is -0.298. The largest absolute Gasteiger partial charge is 0.336 e. The fourth-order valence-corrected chi connectivity index (χ4v) is 2.15. The first-order valence-electron chi connectivity index (χ1n) is 5.87. The second-order valence-electron chi connectivity index (χ2n) is 4.57. The zero-order valence-electron chi connectivity index (χ0n) is 10.6. The van der Waals surface area contributed by atoms with Gasteiger partial charge in [-0.15, -0.1) is 12.4 Å². The van der Waals surface area contributed by atoms with Crippen LogP contribution in [0.1, 0.15) is 22.8 Å². The van der Waals surface area contributed by atoms with E-state index in [-0.39, 0.29) is 24.1 Å². The summed E-state index contributed by atoms with van der Waals surface area (Å²) in [6, 6.07) is 4.62. The van der Waals surface area contributed by atoms with Crippen LogP contribution < -0.4 is 5.32 Å². The molecular formula is C13H18ClFN2O. The second-order valence-corrected chi connectivity index (χ2v) is 4.57. The van der Waals surface area contributed by atoms with E-state index in [0.717, 1.165) is 6.54 Å². The maximum absolute atomic E-state index is 13.0. The third-order valence-corrected chi connectivity index (χ3v) is 3.07. The molecule has 0 radical (unpaired) electrons. The van der Waals surface area contributed by atoms with Gasteiger partial charge in [0, 0.05) is 31.2 Å². The number of hydrogen-bond donors (Lipinski definition) is 1. The van der Waals surface area contributed by atoms with E-state index in [9.17, 15) is 9.18 Å². The van der Waals surface area contributed by atoms with Crippen molar-refractivity contribution in [3.63, 3.8) is 0 Å². The number of carbonyl (C=O) groups excluding carboxylic acids is 1. The third-order valence-electron chi connectivity index (χ3n) is 3.07. The Hall–Kier alpha value is -1.13. The number of halogens is 2. The summed E-state index contributed by atoms with van der Waals surface area (Å²) in [5, 5.41) is 3.29. The molecule has 1 atom stereocenters. The first-order valence-corrected chi connectivity index (χ1v) is 5.87. The van der Waals surface area contributed by atoms with E-state index in [1.54, 1.807) is 13.0 Å². The van der Waals surface area contributed by atoms with Gasteiger partial charge in [0.25, 0.3) is 5.91 Å². The Balaban J connectivity index is 0.00000162. The van der Waals surface area contributed by atoms with Gasteiger partial charge < -0.3 is 10.2 Å². The maximum Gasteiger partial charge on any atom is 0.254 e. The van der Waals surface area contributed by atoms with Crippen LogP contribution in [0.15, 0.2) is 18.2 Å². The van der Waals surface area contributed by atoms with Crippen LogP contribution in [0.4, 0.5) is 4.39 Å². The number of nitrogens with zero attached hydrogens (tertiary/aromatic N) is 1. The zero-order chi connectivity index (χ0) is 12.4. The Morgan fingerprint density at radius 1 is 1.50 bits per heavy atom. The molecule has 1 heterocycles. The molecule has 1 fully saturated rings. The van der Waals surface area contributed by atoms with Gasteiger partial charge >= 0.3 is 0 Å². The quantitative estimate of drug-likeness (QED) is 0.848. The molecule has 0 aromatic heterocycles. The van der Waals surface area contributed by atoms with Gasteiger partial charge in [0.1, 0.15) is 5.82 Å². The fraction of sp³-hybridized carbons (Fsp3) is 0.462. The minimum Gasteiger partial charge on any atom is -0.336 e. The number of hydrogen-bond acceptors (Lipinski definition) is 2. The van der Waals surface area contributed by atoms with Crippen molar-refractivity contribution in [1.29, 1.82) is 0 Å². The van der Waals surface area contributed by atoms with E-state index in [1.165, 1.54) is 12.1 Å². The van der Waals surface area contributed by atoms with E-state index in [2.05, 4.69) is 12.2 Å². The van der Waals surface area contributed by atoms with E-state index >= 15 is 0 Å². The van der Waals surface area contributed by atoms with Gasteiger partial charge in [-0.25, -0.2) is 4.39 Å². The number of amides is 1. The molecule has 2 rings (SSSR count). The lowest BCUT2D eigenvalue weighted by Crippen LogP contribution is -2.51. The lowest BCUT2D eigenvalue weighted by Gasteiger charge is -2.32. The predicted octanol–water partition coefficient (Wildman–Crippen LogP) is 1.99. The smallest absolute Gasteiger partial charge is 0.254 e. The first kappa shape index (κ1) is 14.9. The molecule has 1 aromatic carbocycles. The van der Waals surface area contributed by atoms with Crippen LogP contribution in [0.25, 0.3) is 0 Å². The van der Waals surface area contributed by atoms with Gasteiger partial charge in [-0.2, -0.15) is 0 Å². The molecule has 0 aliphatic carbocycles. The zero-order valence-corrected chi connectivity index (χ0v) is 11.4. The number of aryl methyl sites for hydroxylation is 1. The van der Waals surface area contributed by atoms with Crippen molar-refractivity contribution in [2.24, 2.45) is 0 Å². The van der Waals surface area contributed by atoms with Crippen LogP contribution in [0, 0.1) is 12.7 Å². The summed E-state index contributed by atoms with van der Waals surface area (Å²) in [7, 11) is 0. The summed E-state index contributed by atoms with van der Waals surface area (Å²) < 4.78 is 13.0. The highest BCUT2D eigenvalue weighted by Gasteiger charge is 2.22. The molecule has 1 aliphatic rings. The number of carbonyl (C=O) groups is 1. The molecular weight excluding hydrogens is 255 g/mol. The molecule has 0 bridgehead atoms. The average Bonchev–Trinajstić information content (AvgIpc) is 2.28.